The van der Waals surface area contributed by atoms with Crippen LogP contribution in [-0.4, -0.2) is 43.8 Å². The quantitative estimate of drug-likeness (QED) is 0.379. The highest BCUT2D eigenvalue weighted by atomic mass is 16.6. The molecule has 0 aliphatic heterocycles. The third-order valence-corrected chi connectivity index (χ3v) is 2.21. The zero-order valence-electron chi connectivity index (χ0n) is 13.5. The predicted octanol–water partition coefficient (Wildman–Crippen LogP) is 1.87. The highest BCUT2D eigenvalue weighted by molar-refractivity contribution is 5.79. The summed E-state index contributed by atoms with van der Waals surface area (Å²) < 4.78 is 5.15. The zero-order chi connectivity index (χ0) is 15.4. The van der Waals surface area contributed by atoms with Crippen molar-refractivity contribution in [3.8, 4) is 0 Å². The Kier molecular flexibility index (Phi) is 9.59. The van der Waals surface area contributed by atoms with Crippen molar-refractivity contribution < 1.29 is 9.53 Å². The Balaban J connectivity index is 3.70. The van der Waals surface area contributed by atoms with Crippen LogP contribution in [0.15, 0.2) is 4.99 Å². The van der Waals surface area contributed by atoms with Gasteiger partial charge in [0.2, 0.25) is 0 Å². The molecule has 20 heavy (non-hydrogen) atoms. The summed E-state index contributed by atoms with van der Waals surface area (Å²) in [6, 6.07) is 0. The minimum absolute atomic E-state index is 0.359. The Morgan fingerprint density at radius 3 is 2.15 bits per heavy atom. The first kappa shape index (κ1) is 18.5. The summed E-state index contributed by atoms with van der Waals surface area (Å²) in [6.07, 6.45) is 1.45. The van der Waals surface area contributed by atoms with Gasteiger partial charge in [-0.2, -0.15) is 0 Å². The first-order valence-electron chi connectivity index (χ1n) is 7.38. The van der Waals surface area contributed by atoms with Gasteiger partial charge in [0.25, 0.3) is 0 Å². The van der Waals surface area contributed by atoms with Crippen molar-refractivity contribution in [3.63, 3.8) is 0 Å². The molecule has 0 fully saturated rings. The van der Waals surface area contributed by atoms with Gasteiger partial charge in [-0.05, 0) is 47.5 Å². The summed E-state index contributed by atoms with van der Waals surface area (Å²) in [6.45, 7) is 12.7. The van der Waals surface area contributed by atoms with E-state index < -0.39 is 5.60 Å². The van der Waals surface area contributed by atoms with E-state index in [0.717, 1.165) is 38.4 Å². The summed E-state index contributed by atoms with van der Waals surface area (Å²) in [5.74, 6) is 0.843. The van der Waals surface area contributed by atoms with Crippen LogP contribution < -0.4 is 16.0 Å². The van der Waals surface area contributed by atoms with E-state index in [1.54, 1.807) is 0 Å². The number of unbranched alkanes of at least 4 members (excludes halogenated alkanes) is 1. The molecule has 0 spiro atoms. The maximum absolute atomic E-state index is 11.4. The molecular weight excluding hydrogens is 256 g/mol. The number of amides is 1. The average molecular weight is 286 g/mol. The lowest BCUT2D eigenvalue weighted by molar-refractivity contribution is 0.0527. The van der Waals surface area contributed by atoms with Gasteiger partial charge in [-0.3, -0.25) is 4.99 Å². The van der Waals surface area contributed by atoms with Crippen molar-refractivity contribution in [1.29, 1.82) is 0 Å². The first-order chi connectivity index (χ1) is 9.39. The van der Waals surface area contributed by atoms with Crippen molar-refractivity contribution in [3.05, 3.63) is 0 Å². The molecule has 6 nitrogen and oxygen atoms in total. The Labute approximate surface area is 122 Å². The Morgan fingerprint density at radius 2 is 1.65 bits per heavy atom. The fourth-order valence-corrected chi connectivity index (χ4v) is 1.44. The van der Waals surface area contributed by atoms with Gasteiger partial charge in [0, 0.05) is 26.2 Å². The van der Waals surface area contributed by atoms with Gasteiger partial charge >= 0.3 is 6.09 Å². The Hall–Kier alpha value is -1.46. The van der Waals surface area contributed by atoms with Crippen LogP contribution in [0.1, 0.15) is 47.5 Å². The molecule has 3 N–H and O–H groups in total. The second-order valence-electron chi connectivity index (χ2n) is 5.43. The van der Waals surface area contributed by atoms with Crippen LogP contribution in [0.25, 0.3) is 0 Å². The van der Waals surface area contributed by atoms with E-state index in [4.69, 9.17) is 4.74 Å². The lowest BCUT2D eigenvalue weighted by Gasteiger charge is -2.19. The molecule has 0 saturated carbocycles. The third-order valence-electron chi connectivity index (χ3n) is 2.21. The maximum atomic E-state index is 11.4. The molecule has 0 saturated heterocycles. The number of alkyl carbamates (subject to hydrolysis) is 1. The van der Waals surface area contributed by atoms with E-state index in [9.17, 15) is 4.79 Å². The highest BCUT2D eigenvalue weighted by Gasteiger charge is 2.15. The molecule has 0 bridgehead atoms. The van der Waals surface area contributed by atoms with Gasteiger partial charge in [0.05, 0.1) is 0 Å². The van der Waals surface area contributed by atoms with E-state index in [-0.39, 0.29) is 6.09 Å². The first-order valence-corrected chi connectivity index (χ1v) is 7.38. The molecule has 0 aromatic rings. The largest absolute Gasteiger partial charge is 0.444 e. The molecule has 0 heterocycles. The van der Waals surface area contributed by atoms with Crippen LogP contribution in [0.4, 0.5) is 4.79 Å². The van der Waals surface area contributed by atoms with Gasteiger partial charge in [-0.25, -0.2) is 4.79 Å². The molecule has 118 valence electrons. The van der Waals surface area contributed by atoms with Crippen molar-refractivity contribution >= 4 is 12.1 Å². The Bertz CT molecular complexity index is 290. The van der Waals surface area contributed by atoms with Crippen LogP contribution in [0, 0.1) is 0 Å². The normalized spacial score (nSPS) is 10.7. The van der Waals surface area contributed by atoms with Crippen LogP contribution in [0.3, 0.4) is 0 Å². The van der Waals surface area contributed by atoms with E-state index in [1.807, 2.05) is 34.6 Å². The summed E-state index contributed by atoms with van der Waals surface area (Å²) >= 11 is 0. The highest BCUT2D eigenvalue weighted by Crippen LogP contribution is 2.06. The minimum Gasteiger partial charge on any atom is -0.444 e. The SMILES string of the molecule is CCNC(=NCCCCNC(=O)OC(C)(C)C)NCC. The predicted molar refractivity (Wildman–Crippen MR) is 83.1 cm³/mol. The molecule has 0 aromatic carbocycles. The van der Waals surface area contributed by atoms with Crippen molar-refractivity contribution in [1.82, 2.24) is 16.0 Å². The number of nitrogens with zero attached hydrogens (tertiary/aromatic N) is 1. The number of carbonyl (C=O) groups excluding carboxylic acids is 1. The Morgan fingerprint density at radius 1 is 1.05 bits per heavy atom. The number of nitrogens with one attached hydrogen (secondary N) is 3. The number of ether oxygens (including phenoxy) is 1. The summed E-state index contributed by atoms with van der Waals surface area (Å²) in [7, 11) is 0. The molecule has 0 unspecified atom stereocenters. The second kappa shape index (κ2) is 10.3. The van der Waals surface area contributed by atoms with Gasteiger partial charge < -0.3 is 20.7 Å². The molecule has 1 amide bonds. The minimum atomic E-state index is -0.444. The lowest BCUT2D eigenvalue weighted by atomic mass is 10.2. The van der Waals surface area contributed by atoms with E-state index in [1.165, 1.54) is 0 Å². The monoisotopic (exact) mass is 286 g/mol. The van der Waals surface area contributed by atoms with Crippen molar-refractivity contribution in [2.45, 2.75) is 53.1 Å². The zero-order valence-corrected chi connectivity index (χ0v) is 13.5. The van der Waals surface area contributed by atoms with Gasteiger partial charge in [0.1, 0.15) is 5.60 Å². The number of aliphatic imine (C=N–C) groups is 1. The van der Waals surface area contributed by atoms with Gasteiger partial charge in [-0.1, -0.05) is 0 Å². The molecule has 0 radical (unpaired) electrons. The average Bonchev–Trinajstić information content (AvgIpc) is 2.31. The molecular formula is C14H30N4O2. The van der Waals surface area contributed by atoms with E-state index in [0.29, 0.717) is 6.54 Å². The van der Waals surface area contributed by atoms with Crippen molar-refractivity contribution in [2.75, 3.05) is 26.2 Å². The number of carbonyl (C=O) groups is 1. The van der Waals surface area contributed by atoms with Gasteiger partial charge in [-0.15, -0.1) is 0 Å². The summed E-state index contributed by atoms with van der Waals surface area (Å²) in [4.78, 5) is 15.8. The van der Waals surface area contributed by atoms with Crippen LogP contribution in [0.5, 0.6) is 0 Å². The lowest BCUT2D eigenvalue weighted by Crippen LogP contribution is -2.37. The number of hydrogen-bond acceptors (Lipinski definition) is 3. The van der Waals surface area contributed by atoms with E-state index in [2.05, 4.69) is 20.9 Å². The smallest absolute Gasteiger partial charge is 0.407 e. The molecule has 0 aromatic heterocycles. The number of guanidine groups is 1. The van der Waals surface area contributed by atoms with Gasteiger partial charge in [0.15, 0.2) is 5.96 Å². The molecule has 0 aliphatic rings. The standard InChI is InChI=1S/C14H30N4O2/c1-6-15-12(16-7-2)17-10-8-9-11-18-13(19)20-14(3,4)5/h6-11H2,1-5H3,(H,18,19)(H2,15,16,17). The fourth-order valence-electron chi connectivity index (χ4n) is 1.44. The van der Waals surface area contributed by atoms with Crippen molar-refractivity contribution in [2.24, 2.45) is 4.99 Å². The summed E-state index contributed by atoms with van der Waals surface area (Å²) in [5, 5.41) is 9.07. The molecule has 0 aliphatic carbocycles. The summed E-state index contributed by atoms with van der Waals surface area (Å²) in [5.41, 5.74) is -0.444. The van der Waals surface area contributed by atoms with Crippen LogP contribution >= 0.6 is 0 Å². The molecule has 6 heteroatoms. The third kappa shape index (κ3) is 11.6. The van der Waals surface area contributed by atoms with Crippen LogP contribution in [0.2, 0.25) is 0 Å². The topological polar surface area (TPSA) is 74.8 Å². The van der Waals surface area contributed by atoms with Crippen LogP contribution in [-0.2, 0) is 4.74 Å². The molecule has 0 rings (SSSR count). The number of rotatable bonds is 7. The number of hydrogen-bond donors (Lipinski definition) is 3. The maximum Gasteiger partial charge on any atom is 0.407 e. The second-order valence-corrected chi connectivity index (χ2v) is 5.43. The van der Waals surface area contributed by atoms with E-state index >= 15 is 0 Å². The fraction of sp³-hybridized carbons (Fsp3) is 0.857. The molecule has 0 atom stereocenters.